The van der Waals surface area contributed by atoms with Gasteiger partial charge in [0.2, 0.25) is 0 Å². The molecule has 3 rings (SSSR count). The second kappa shape index (κ2) is 5.39. The SMILES string of the molecule is Fc1ccc(-n2cc(Cc3ccn[nH]3)nn2)cc1C(F)F. The summed E-state index contributed by atoms with van der Waals surface area (Å²) in [5.41, 5.74) is 1.17. The summed E-state index contributed by atoms with van der Waals surface area (Å²) >= 11 is 0. The van der Waals surface area contributed by atoms with Gasteiger partial charge in [0, 0.05) is 18.3 Å². The highest BCUT2D eigenvalue weighted by molar-refractivity contribution is 5.36. The van der Waals surface area contributed by atoms with Crippen LogP contribution in [0.5, 0.6) is 0 Å². The lowest BCUT2D eigenvalue weighted by atomic mass is 10.2. The minimum absolute atomic E-state index is 0.329. The van der Waals surface area contributed by atoms with Gasteiger partial charge in [-0.25, -0.2) is 17.9 Å². The van der Waals surface area contributed by atoms with E-state index in [4.69, 9.17) is 0 Å². The Kier molecular flexibility index (Phi) is 3.43. The highest BCUT2D eigenvalue weighted by Crippen LogP contribution is 2.24. The minimum Gasteiger partial charge on any atom is -0.282 e. The maximum absolute atomic E-state index is 13.3. The summed E-state index contributed by atoms with van der Waals surface area (Å²) in [6.07, 6.45) is 0.832. The predicted octanol–water partition coefficient (Wildman–Crippen LogP) is 2.66. The Balaban J connectivity index is 1.87. The first-order valence-electron chi connectivity index (χ1n) is 6.11. The largest absolute Gasteiger partial charge is 0.282 e. The molecular weight excluding hydrogens is 283 g/mol. The van der Waals surface area contributed by atoms with E-state index in [1.165, 1.54) is 10.7 Å². The third-order valence-corrected chi connectivity index (χ3v) is 2.95. The number of rotatable bonds is 4. The summed E-state index contributed by atoms with van der Waals surface area (Å²) in [6.45, 7) is 0. The fourth-order valence-electron chi connectivity index (χ4n) is 1.92. The minimum atomic E-state index is -2.88. The third-order valence-electron chi connectivity index (χ3n) is 2.95. The lowest BCUT2D eigenvalue weighted by molar-refractivity contribution is 0.146. The van der Waals surface area contributed by atoms with Crippen LogP contribution in [0, 0.1) is 5.82 Å². The van der Waals surface area contributed by atoms with Gasteiger partial charge in [0.15, 0.2) is 0 Å². The van der Waals surface area contributed by atoms with Crippen LogP contribution < -0.4 is 0 Å². The number of aromatic amines is 1. The number of nitrogens with one attached hydrogen (secondary N) is 1. The van der Waals surface area contributed by atoms with Crippen LogP contribution in [0.3, 0.4) is 0 Å². The van der Waals surface area contributed by atoms with Gasteiger partial charge in [-0.1, -0.05) is 5.21 Å². The number of hydrogen-bond donors (Lipinski definition) is 1. The number of H-pyrrole nitrogens is 1. The molecule has 5 nitrogen and oxygen atoms in total. The summed E-state index contributed by atoms with van der Waals surface area (Å²) in [4.78, 5) is 0. The highest BCUT2D eigenvalue weighted by atomic mass is 19.3. The van der Waals surface area contributed by atoms with Gasteiger partial charge in [0.05, 0.1) is 23.1 Å². The first kappa shape index (κ1) is 13.3. The van der Waals surface area contributed by atoms with E-state index in [1.54, 1.807) is 18.5 Å². The number of alkyl halides is 2. The van der Waals surface area contributed by atoms with Crippen molar-refractivity contribution in [2.45, 2.75) is 12.8 Å². The molecular formula is C13H10F3N5. The lowest BCUT2D eigenvalue weighted by Crippen LogP contribution is -1.99. The van der Waals surface area contributed by atoms with Gasteiger partial charge in [0.1, 0.15) is 5.82 Å². The second-order valence-corrected chi connectivity index (χ2v) is 4.42. The molecule has 0 atom stereocenters. The summed E-state index contributed by atoms with van der Waals surface area (Å²) in [6, 6.07) is 5.23. The molecule has 0 bridgehead atoms. The Morgan fingerprint density at radius 1 is 1.24 bits per heavy atom. The molecule has 2 heterocycles. The molecule has 0 unspecified atom stereocenters. The predicted molar refractivity (Wildman–Crippen MR) is 67.7 cm³/mol. The van der Waals surface area contributed by atoms with Gasteiger partial charge in [-0.05, 0) is 24.3 Å². The maximum Gasteiger partial charge on any atom is 0.266 e. The van der Waals surface area contributed by atoms with Crippen molar-refractivity contribution in [3.8, 4) is 5.69 Å². The number of nitrogens with zero attached hydrogens (tertiary/aromatic N) is 4. The van der Waals surface area contributed by atoms with Crippen LogP contribution in [0.25, 0.3) is 5.69 Å². The molecule has 0 aliphatic heterocycles. The molecule has 1 aromatic carbocycles. The van der Waals surface area contributed by atoms with E-state index in [2.05, 4.69) is 20.5 Å². The van der Waals surface area contributed by atoms with E-state index in [0.717, 1.165) is 17.8 Å². The molecule has 2 aromatic heterocycles. The molecule has 0 radical (unpaired) electrons. The first-order chi connectivity index (χ1) is 10.1. The Morgan fingerprint density at radius 2 is 2.10 bits per heavy atom. The quantitative estimate of drug-likeness (QED) is 0.804. The van der Waals surface area contributed by atoms with E-state index in [1.807, 2.05) is 0 Å². The Labute approximate surface area is 117 Å². The highest BCUT2D eigenvalue weighted by Gasteiger charge is 2.15. The van der Waals surface area contributed by atoms with Crippen molar-refractivity contribution in [3.05, 3.63) is 59.4 Å². The van der Waals surface area contributed by atoms with E-state index in [9.17, 15) is 13.2 Å². The van der Waals surface area contributed by atoms with E-state index in [-0.39, 0.29) is 0 Å². The number of halogens is 3. The molecule has 3 aromatic rings. The van der Waals surface area contributed by atoms with Crippen LogP contribution in [-0.4, -0.2) is 25.2 Å². The second-order valence-electron chi connectivity index (χ2n) is 4.42. The van der Waals surface area contributed by atoms with Crippen molar-refractivity contribution < 1.29 is 13.2 Å². The Bertz CT molecular complexity index is 736. The first-order valence-corrected chi connectivity index (χ1v) is 6.11. The standard InChI is InChI=1S/C13H10F3N5/c14-12-2-1-10(6-11(12)13(15)16)21-7-9(19-20-21)5-8-3-4-17-18-8/h1-4,6-7,13H,5H2,(H,17,18). The van der Waals surface area contributed by atoms with Crippen LogP contribution in [0.15, 0.2) is 36.7 Å². The zero-order valence-electron chi connectivity index (χ0n) is 10.7. The molecule has 108 valence electrons. The molecule has 0 fully saturated rings. The summed E-state index contributed by atoms with van der Waals surface area (Å²) in [5.74, 6) is -0.938. The topological polar surface area (TPSA) is 59.4 Å². The number of benzene rings is 1. The fourth-order valence-corrected chi connectivity index (χ4v) is 1.92. The zero-order valence-corrected chi connectivity index (χ0v) is 10.7. The van der Waals surface area contributed by atoms with Crippen molar-refractivity contribution in [2.75, 3.05) is 0 Å². The molecule has 1 N–H and O–H groups in total. The molecule has 0 saturated heterocycles. The molecule has 0 saturated carbocycles. The monoisotopic (exact) mass is 293 g/mol. The van der Waals surface area contributed by atoms with Gasteiger partial charge in [-0.2, -0.15) is 5.10 Å². The van der Waals surface area contributed by atoms with Crippen molar-refractivity contribution >= 4 is 0 Å². The van der Waals surface area contributed by atoms with Crippen LogP contribution >= 0.6 is 0 Å². The summed E-state index contributed by atoms with van der Waals surface area (Å²) in [7, 11) is 0. The van der Waals surface area contributed by atoms with Gasteiger partial charge >= 0.3 is 0 Å². The third kappa shape index (κ3) is 2.78. The fraction of sp³-hybridized carbons (Fsp3) is 0.154. The molecule has 21 heavy (non-hydrogen) atoms. The van der Waals surface area contributed by atoms with Gasteiger partial charge in [-0.3, -0.25) is 5.10 Å². The average molecular weight is 293 g/mol. The van der Waals surface area contributed by atoms with E-state index < -0.39 is 17.8 Å². The van der Waals surface area contributed by atoms with Crippen molar-refractivity contribution in [1.29, 1.82) is 0 Å². The number of aromatic nitrogens is 5. The van der Waals surface area contributed by atoms with Gasteiger partial charge in [-0.15, -0.1) is 5.10 Å². The van der Waals surface area contributed by atoms with Crippen molar-refractivity contribution in [1.82, 2.24) is 25.2 Å². The maximum atomic E-state index is 13.3. The van der Waals surface area contributed by atoms with E-state index in [0.29, 0.717) is 17.8 Å². The Hall–Kier alpha value is -2.64. The number of hydrogen-bond acceptors (Lipinski definition) is 3. The average Bonchev–Trinajstić information content (AvgIpc) is 3.11. The molecule has 0 aliphatic rings. The lowest BCUT2D eigenvalue weighted by Gasteiger charge is -2.05. The summed E-state index contributed by atoms with van der Waals surface area (Å²) < 4.78 is 40.0. The molecule has 0 spiro atoms. The van der Waals surface area contributed by atoms with Crippen molar-refractivity contribution in [3.63, 3.8) is 0 Å². The van der Waals surface area contributed by atoms with Crippen LogP contribution in [0.2, 0.25) is 0 Å². The summed E-state index contributed by atoms with van der Waals surface area (Å²) in [5, 5.41) is 14.4. The zero-order chi connectivity index (χ0) is 14.8. The van der Waals surface area contributed by atoms with Crippen LogP contribution in [0.4, 0.5) is 13.2 Å². The van der Waals surface area contributed by atoms with Gasteiger partial charge in [0.25, 0.3) is 6.43 Å². The normalized spacial score (nSPS) is 11.2. The molecule has 8 heteroatoms. The van der Waals surface area contributed by atoms with Crippen molar-refractivity contribution in [2.24, 2.45) is 0 Å². The molecule has 0 amide bonds. The van der Waals surface area contributed by atoms with Gasteiger partial charge < -0.3 is 0 Å². The Morgan fingerprint density at radius 3 is 2.81 bits per heavy atom. The molecule has 0 aliphatic carbocycles. The van der Waals surface area contributed by atoms with E-state index >= 15 is 0 Å². The smallest absolute Gasteiger partial charge is 0.266 e. The van der Waals surface area contributed by atoms with Crippen LogP contribution in [-0.2, 0) is 6.42 Å². The van der Waals surface area contributed by atoms with Crippen LogP contribution in [0.1, 0.15) is 23.4 Å².